The summed E-state index contributed by atoms with van der Waals surface area (Å²) < 4.78 is 14.2. The molecule has 1 fully saturated rings. The number of hydrogen-bond acceptors (Lipinski definition) is 1. The first-order valence-corrected chi connectivity index (χ1v) is 7.68. The lowest BCUT2D eigenvalue weighted by molar-refractivity contribution is 0.391. The molecule has 2 unspecified atom stereocenters. The van der Waals surface area contributed by atoms with Gasteiger partial charge >= 0.3 is 0 Å². The predicted molar refractivity (Wildman–Crippen MR) is 79.2 cm³/mol. The van der Waals surface area contributed by atoms with Crippen LogP contribution in [0.4, 0.5) is 4.39 Å². The summed E-state index contributed by atoms with van der Waals surface area (Å²) in [7, 11) is 0. The van der Waals surface area contributed by atoms with E-state index in [0.717, 1.165) is 24.9 Å². The molecule has 0 heterocycles. The normalized spacial score (nSPS) is 18.3. The summed E-state index contributed by atoms with van der Waals surface area (Å²) in [6, 6.07) is 6.01. The van der Waals surface area contributed by atoms with Crippen LogP contribution in [0.3, 0.4) is 0 Å². The summed E-state index contributed by atoms with van der Waals surface area (Å²) >= 11 is 5.92. The molecule has 1 aromatic carbocycles. The minimum atomic E-state index is -0.241. The highest BCUT2D eigenvalue weighted by atomic mass is 35.5. The van der Waals surface area contributed by atoms with Crippen LogP contribution in [-0.2, 0) is 0 Å². The molecule has 0 aromatic heterocycles. The van der Waals surface area contributed by atoms with Gasteiger partial charge in [-0.2, -0.15) is 0 Å². The first-order valence-electron chi connectivity index (χ1n) is 7.30. The first-order chi connectivity index (χ1) is 9.13. The molecule has 0 amide bonds. The van der Waals surface area contributed by atoms with Gasteiger partial charge in [-0.05, 0) is 30.4 Å². The quantitative estimate of drug-likeness (QED) is 0.761. The van der Waals surface area contributed by atoms with E-state index in [9.17, 15) is 4.39 Å². The van der Waals surface area contributed by atoms with Crippen LogP contribution in [0.1, 0.15) is 51.0 Å². The van der Waals surface area contributed by atoms with Gasteiger partial charge in [0.15, 0.2) is 0 Å². The number of nitrogens with one attached hydrogen (secondary N) is 1. The standard InChI is InChI=1S/C16H23ClFN/c1-3-5-11(2)14(10-19-12-8-9-12)13-6-4-7-15(17)16(13)18/h4,6-7,11-12,14,19H,3,5,8-10H2,1-2H3. The van der Waals surface area contributed by atoms with Crippen molar-refractivity contribution in [3.8, 4) is 0 Å². The zero-order valence-electron chi connectivity index (χ0n) is 11.8. The van der Waals surface area contributed by atoms with Crippen molar-refractivity contribution < 1.29 is 4.39 Å². The number of rotatable bonds is 7. The van der Waals surface area contributed by atoms with E-state index in [2.05, 4.69) is 19.2 Å². The van der Waals surface area contributed by atoms with Gasteiger partial charge in [0.1, 0.15) is 5.82 Å². The lowest BCUT2D eigenvalue weighted by Crippen LogP contribution is -2.28. The fourth-order valence-electron chi connectivity index (χ4n) is 2.66. The molecule has 0 spiro atoms. The molecule has 2 rings (SSSR count). The molecule has 19 heavy (non-hydrogen) atoms. The van der Waals surface area contributed by atoms with Gasteiger partial charge in [0.2, 0.25) is 0 Å². The lowest BCUT2D eigenvalue weighted by Gasteiger charge is -2.25. The van der Waals surface area contributed by atoms with Crippen molar-refractivity contribution in [3.05, 3.63) is 34.6 Å². The maximum absolute atomic E-state index is 14.2. The van der Waals surface area contributed by atoms with Gasteiger partial charge in [-0.25, -0.2) is 4.39 Å². The Morgan fingerprint density at radius 1 is 1.42 bits per heavy atom. The molecule has 3 heteroatoms. The van der Waals surface area contributed by atoms with Crippen molar-refractivity contribution in [1.29, 1.82) is 0 Å². The van der Waals surface area contributed by atoms with Crippen LogP contribution < -0.4 is 5.32 Å². The molecule has 0 radical (unpaired) electrons. The lowest BCUT2D eigenvalue weighted by atomic mass is 9.84. The average molecular weight is 284 g/mol. The number of hydrogen-bond donors (Lipinski definition) is 1. The van der Waals surface area contributed by atoms with Crippen molar-refractivity contribution in [1.82, 2.24) is 5.32 Å². The zero-order valence-corrected chi connectivity index (χ0v) is 12.5. The summed E-state index contributed by atoms with van der Waals surface area (Å²) in [5.41, 5.74) is 0.765. The Balaban J connectivity index is 2.16. The second kappa shape index (κ2) is 6.71. The minimum absolute atomic E-state index is 0.208. The third kappa shape index (κ3) is 3.93. The molecule has 0 saturated heterocycles. The van der Waals surface area contributed by atoms with E-state index in [0.29, 0.717) is 12.0 Å². The topological polar surface area (TPSA) is 12.0 Å². The Hall–Kier alpha value is -0.600. The highest BCUT2D eigenvalue weighted by molar-refractivity contribution is 6.30. The molecule has 1 aliphatic carbocycles. The van der Waals surface area contributed by atoms with Crippen molar-refractivity contribution in [2.75, 3.05) is 6.54 Å². The second-order valence-corrected chi connectivity index (χ2v) is 6.11. The predicted octanol–water partition coefficient (Wildman–Crippen LogP) is 4.75. The smallest absolute Gasteiger partial charge is 0.145 e. The van der Waals surface area contributed by atoms with E-state index >= 15 is 0 Å². The molecular weight excluding hydrogens is 261 g/mol. The van der Waals surface area contributed by atoms with Crippen molar-refractivity contribution in [2.45, 2.75) is 51.5 Å². The Kier molecular flexibility index (Phi) is 5.23. The van der Waals surface area contributed by atoms with E-state index < -0.39 is 0 Å². The molecule has 0 bridgehead atoms. The fraction of sp³-hybridized carbons (Fsp3) is 0.625. The molecule has 1 saturated carbocycles. The summed E-state index contributed by atoms with van der Waals surface area (Å²) in [6.07, 6.45) is 4.76. The van der Waals surface area contributed by atoms with E-state index in [4.69, 9.17) is 11.6 Å². The Bertz CT molecular complexity index is 417. The first kappa shape index (κ1) is 14.8. The van der Waals surface area contributed by atoms with E-state index in [-0.39, 0.29) is 16.8 Å². The summed E-state index contributed by atoms with van der Waals surface area (Å²) in [4.78, 5) is 0. The Morgan fingerprint density at radius 3 is 2.79 bits per heavy atom. The molecule has 1 aliphatic rings. The molecule has 0 aliphatic heterocycles. The van der Waals surface area contributed by atoms with Gasteiger partial charge in [-0.15, -0.1) is 0 Å². The summed E-state index contributed by atoms with van der Waals surface area (Å²) in [6.45, 7) is 5.24. The zero-order chi connectivity index (χ0) is 13.8. The van der Waals surface area contributed by atoms with Crippen LogP contribution >= 0.6 is 11.6 Å². The summed E-state index contributed by atoms with van der Waals surface area (Å²) in [5.74, 6) is 0.429. The monoisotopic (exact) mass is 283 g/mol. The molecule has 1 aromatic rings. The van der Waals surface area contributed by atoms with E-state index in [1.54, 1.807) is 6.07 Å². The maximum Gasteiger partial charge on any atom is 0.145 e. The van der Waals surface area contributed by atoms with Crippen LogP contribution in [0.15, 0.2) is 18.2 Å². The fourth-order valence-corrected chi connectivity index (χ4v) is 2.84. The van der Waals surface area contributed by atoms with E-state index in [1.165, 1.54) is 12.8 Å². The SMILES string of the molecule is CCCC(C)C(CNC1CC1)c1cccc(Cl)c1F. The largest absolute Gasteiger partial charge is 0.313 e. The Morgan fingerprint density at radius 2 is 2.16 bits per heavy atom. The van der Waals surface area contributed by atoms with Crippen LogP contribution in [0.5, 0.6) is 0 Å². The van der Waals surface area contributed by atoms with Crippen LogP contribution in [-0.4, -0.2) is 12.6 Å². The number of halogens is 2. The van der Waals surface area contributed by atoms with Gasteiger partial charge in [0.25, 0.3) is 0 Å². The summed E-state index contributed by atoms with van der Waals surface area (Å²) in [5, 5.41) is 3.77. The van der Waals surface area contributed by atoms with Crippen molar-refractivity contribution >= 4 is 11.6 Å². The highest BCUT2D eigenvalue weighted by Crippen LogP contribution is 2.32. The Labute approximate surface area is 120 Å². The van der Waals surface area contributed by atoms with Crippen LogP contribution in [0, 0.1) is 11.7 Å². The van der Waals surface area contributed by atoms with Crippen LogP contribution in [0.25, 0.3) is 0 Å². The maximum atomic E-state index is 14.2. The molecule has 106 valence electrons. The van der Waals surface area contributed by atoms with Gasteiger partial charge in [0, 0.05) is 18.5 Å². The third-order valence-electron chi connectivity index (χ3n) is 4.02. The van der Waals surface area contributed by atoms with Gasteiger partial charge < -0.3 is 5.32 Å². The molecule has 1 N–H and O–H groups in total. The highest BCUT2D eigenvalue weighted by Gasteiger charge is 2.26. The van der Waals surface area contributed by atoms with Crippen molar-refractivity contribution in [2.24, 2.45) is 5.92 Å². The third-order valence-corrected chi connectivity index (χ3v) is 4.31. The van der Waals surface area contributed by atoms with Gasteiger partial charge in [0.05, 0.1) is 5.02 Å². The molecular formula is C16H23ClFN. The number of benzene rings is 1. The minimum Gasteiger partial charge on any atom is -0.313 e. The van der Waals surface area contributed by atoms with Crippen LogP contribution in [0.2, 0.25) is 5.02 Å². The van der Waals surface area contributed by atoms with Gasteiger partial charge in [-0.1, -0.05) is 50.4 Å². The average Bonchev–Trinajstić information content (AvgIpc) is 3.19. The van der Waals surface area contributed by atoms with E-state index in [1.807, 2.05) is 12.1 Å². The van der Waals surface area contributed by atoms with Crippen molar-refractivity contribution in [3.63, 3.8) is 0 Å². The molecule has 2 atom stereocenters. The molecule has 1 nitrogen and oxygen atoms in total. The second-order valence-electron chi connectivity index (χ2n) is 5.70. The van der Waals surface area contributed by atoms with Gasteiger partial charge in [-0.3, -0.25) is 0 Å².